The molecule has 108 valence electrons. The molecule has 0 aliphatic heterocycles. The molecule has 0 unspecified atom stereocenters. The number of aromatic nitrogens is 2. The van der Waals surface area contributed by atoms with Crippen LogP contribution in [0.3, 0.4) is 0 Å². The zero-order valence-corrected chi connectivity index (χ0v) is 13.3. The molecule has 0 saturated heterocycles. The third kappa shape index (κ3) is 2.50. The fourth-order valence-corrected chi connectivity index (χ4v) is 2.85. The van der Waals surface area contributed by atoms with Crippen LogP contribution in [0.4, 0.5) is 4.39 Å². The van der Waals surface area contributed by atoms with Crippen LogP contribution in [0.5, 0.6) is 0 Å². The zero-order valence-electron chi connectivity index (χ0n) is 11.0. The molecule has 0 bridgehead atoms. The van der Waals surface area contributed by atoms with E-state index in [9.17, 15) is 4.39 Å². The third-order valence-corrected chi connectivity index (χ3v) is 4.25. The molecule has 0 N–H and O–H groups in total. The molecule has 0 amide bonds. The van der Waals surface area contributed by atoms with Gasteiger partial charge in [-0.3, -0.25) is 4.57 Å². The summed E-state index contributed by atoms with van der Waals surface area (Å²) in [7, 11) is 0. The molecule has 0 aliphatic carbocycles. The normalized spacial score (nSPS) is 11.3. The van der Waals surface area contributed by atoms with Crippen LogP contribution in [0.2, 0.25) is 10.0 Å². The van der Waals surface area contributed by atoms with E-state index in [1.54, 1.807) is 18.2 Å². The zero-order chi connectivity index (χ0) is 15.1. The topological polar surface area (TPSA) is 17.8 Å². The lowest BCUT2D eigenvalue weighted by Gasteiger charge is -2.11. The average molecular weight is 344 g/mol. The minimum Gasteiger partial charge on any atom is -0.295 e. The van der Waals surface area contributed by atoms with Crippen molar-refractivity contribution in [3.8, 4) is 5.69 Å². The van der Waals surface area contributed by atoms with Crippen LogP contribution in [0.1, 0.15) is 11.4 Å². The van der Waals surface area contributed by atoms with E-state index in [2.05, 4.69) is 4.98 Å². The van der Waals surface area contributed by atoms with Crippen molar-refractivity contribution in [2.24, 2.45) is 0 Å². The van der Waals surface area contributed by atoms with Crippen molar-refractivity contribution in [1.29, 1.82) is 0 Å². The first kappa shape index (κ1) is 14.6. The molecular weight excluding hydrogens is 334 g/mol. The molecule has 0 atom stereocenters. The summed E-state index contributed by atoms with van der Waals surface area (Å²) in [6.07, 6.45) is 0. The quantitative estimate of drug-likeness (QED) is 0.560. The summed E-state index contributed by atoms with van der Waals surface area (Å²) < 4.78 is 15.2. The summed E-state index contributed by atoms with van der Waals surface area (Å²) in [5, 5.41) is 0.872. The van der Waals surface area contributed by atoms with Crippen LogP contribution in [0.15, 0.2) is 30.3 Å². The van der Waals surface area contributed by atoms with Crippen molar-refractivity contribution < 1.29 is 4.39 Å². The molecule has 3 rings (SSSR count). The second-order valence-corrected chi connectivity index (χ2v) is 5.76. The van der Waals surface area contributed by atoms with Gasteiger partial charge in [-0.05, 0) is 42.8 Å². The van der Waals surface area contributed by atoms with E-state index in [-0.39, 0.29) is 11.7 Å². The summed E-state index contributed by atoms with van der Waals surface area (Å²) in [6, 6.07) is 8.01. The maximum atomic E-state index is 13.3. The van der Waals surface area contributed by atoms with E-state index in [1.165, 1.54) is 12.1 Å². The number of rotatable bonds is 2. The molecule has 0 spiro atoms. The number of fused-ring (bicyclic) bond motifs is 1. The summed E-state index contributed by atoms with van der Waals surface area (Å²) in [5.41, 5.74) is 3.08. The molecule has 0 aliphatic rings. The van der Waals surface area contributed by atoms with Crippen LogP contribution < -0.4 is 0 Å². The van der Waals surface area contributed by atoms with E-state index < -0.39 is 0 Å². The smallest absolute Gasteiger partial charge is 0.129 e. The van der Waals surface area contributed by atoms with Crippen LogP contribution in [-0.2, 0) is 5.88 Å². The Morgan fingerprint density at radius 2 is 1.86 bits per heavy atom. The molecular formula is C15H10Cl3FN2. The Balaban J connectivity index is 2.37. The van der Waals surface area contributed by atoms with Gasteiger partial charge in [0.05, 0.1) is 32.6 Å². The SMILES string of the molecule is Cc1cc(F)ccc1-n1c(CCl)nc2cc(Cl)c(Cl)cc21. The first-order valence-corrected chi connectivity index (χ1v) is 7.49. The van der Waals surface area contributed by atoms with Gasteiger partial charge >= 0.3 is 0 Å². The van der Waals surface area contributed by atoms with Gasteiger partial charge in [0.1, 0.15) is 11.6 Å². The Labute approximate surface area is 136 Å². The lowest BCUT2D eigenvalue weighted by molar-refractivity contribution is 0.626. The molecule has 21 heavy (non-hydrogen) atoms. The summed E-state index contributed by atoms with van der Waals surface area (Å²) in [4.78, 5) is 4.47. The van der Waals surface area contributed by atoms with Crippen LogP contribution in [0.25, 0.3) is 16.7 Å². The van der Waals surface area contributed by atoms with Gasteiger partial charge in [-0.25, -0.2) is 9.37 Å². The minimum absolute atomic E-state index is 0.223. The number of hydrogen-bond donors (Lipinski definition) is 0. The summed E-state index contributed by atoms with van der Waals surface area (Å²) in [5.74, 6) is 0.592. The summed E-state index contributed by atoms with van der Waals surface area (Å²) in [6.45, 7) is 1.83. The second-order valence-electron chi connectivity index (χ2n) is 4.68. The Morgan fingerprint density at radius 1 is 1.14 bits per heavy atom. The monoisotopic (exact) mass is 342 g/mol. The van der Waals surface area contributed by atoms with Gasteiger partial charge in [0.2, 0.25) is 0 Å². The highest BCUT2D eigenvalue weighted by Gasteiger charge is 2.15. The van der Waals surface area contributed by atoms with Crippen molar-refractivity contribution >= 4 is 45.8 Å². The van der Waals surface area contributed by atoms with Crippen molar-refractivity contribution in [2.45, 2.75) is 12.8 Å². The minimum atomic E-state index is -0.283. The first-order chi connectivity index (χ1) is 10.0. The molecule has 0 fully saturated rings. The number of imidazole rings is 1. The molecule has 6 heteroatoms. The highest BCUT2D eigenvalue weighted by molar-refractivity contribution is 6.42. The number of aryl methyl sites for hydroxylation is 1. The maximum Gasteiger partial charge on any atom is 0.129 e. The molecule has 1 heterocycles. The Bertz CT molecular complexity index is 843. The fourth-order valence-electron chi connectivity index (χ4n) is 2.35. The van der Waals surface area contributed by atoms with E-state index in [0.717, 1.165) is 16.8 Å². The number of nitrogens with zero attached hydrogens (tertiary/aromatic N) is 2. The molecule has 2 nitrogen and oxygen atoms in total. The first-order valence-electron chi connectivity index (χ1n) is 6.20. The number of alkyl halides is 1. The van der Waals surface area contributed by atoms with Crippen molar-refractivity contribution in [3.63, 3.8) is 0 Å². The average Bonchev–Trinajstić information content (AvgIpc) is 2.77. The van der Waals surface area contributed by atoms with Crippen molar-refractivity contribution in [1.82, 2.24) is 9.55 Å². The van der Waals surface area contributed by atoms with Crippen LogP contribution >= 0.6 is 34.8 Å². The Kier molecular flexibility index (Phi) is 3.82. The van der Waals surface area contributed by atoms with Crippen LogP contribution in [-0.4, -0.2) is 9.55 Å². The predicted molar refractivity (Wildman–Crippen MR) is 85.3 cm³/mol. The van der Waals surface area contributed by atoms with Gasteiger partial charge < -0.3 is 0 Å². The summed E-state index contributed by atoms with van der Waals surface area (Å²) >= 11 is 18.1. The Hall–Kier alpha value is -1.29. The van der Waals surface area contributed by atoms with E-state index in [1.807, 2.05) is 11.5 Å². The van der Waals surface area contributed by atoms with E-state index in [0.29, 0.717) is 21.4 Å². The molecule has 3 aromatic rings. The van der Waals surface area contributed by atoms with Gasteiger partial charge in [0, 0.05) is 0 Å². The maximum absolute atomic E-state index is 13.3. The van der Waals surface area contributed by atoms with Gasteiger partial charge in [-0.2, -0.15) is 0 Å². The van der Waals surface area contributed by atoms with Gasteiger partial charge in [-0.15, -0.1) is 11.6 Å². The highest BCUT2D eigenvalue weighted by atomic mass is 35.5. The highest BCUT2D eigenvalue weighted by Crippen LogP contribution is 2.31. The van der Waals surface area contributed by atoms with E-state index in [4.69, 9.17) is 34.8 Å². The lowest BCUT2D eigenvalue weighted by Crippen LogP contribution is -2.02. The fraction of sp³-hybridized carbons (Fsp3) is 0.133. The number of halogens is 4. The standard InChI is InChI=1S/C15H10Cl3FN2/c1-8-4-9(19)2-3-13(8)21-14-6-11(18)10(17)5-12(14)20-15(21)7-16/h2-6H,7H2,1H3. The second kappa shape index (κ2) is 5.48. The van der Waals surface area contributed by atoms with Gasteiger partial charge in [0.25, 0.3) is 0 Å². The molecule has 0 saturated carbocycles. The van der Waals surface area contributed by atoms with Crippen LogP contribution in [0, 0.1) is 12.7 Å². The third-order valence-electron chi connectivity index (χ3n) is 3.29. The largest absolute Gasteiger partial charge is 0.295 e. The number of hydrogen-bond acceptors (Lipinski definition) is 1. The van der Waals surface area contributed by atoms with Gasteiger partial charge in [-0.1, -0.05) is 23.2 Å². The number of benzene rings is 2. The predicted octanol–water partition coefficient (Wildman–Crippen LogP) is 5.52. The van der Waals surface area contributed by atoms with Crippen molar-refractivity contribution in [2.75, 3.05) is 0 Å². The lowest BCUT2D eigenvalue weighted by atomic mass is 10.2. The Morgan fingerprint density at radius 3 is 2.52 bits per heavy atom. The molecule has 0 radical (unpaired) electrons. The molecule has 2 aromatic carbocycles. The van der Waals surface area contributed by atoms with Crippen molar-refractivity contribution in [3.05, 3.63) is 57.6 Å². The van der Waals surface area contributed by atoms with E-state index >= 15 is 0 Å². The van der Waals surface area contributed by atoms with Gasteiger partial charge in [0.15, 0.2) is 0 Å². The molecule has 1 aromatic heterocycles.